The molecule has 0 heterocycles. The van der Waals surface area contributed by atoms with Gasteiger partial charge in [-0.05, 0) is 23.8 Å². The summed E-state index contributed by atoms with van der Waals surface area (Å²) < 4.78 is 0. The monoisotopic (exact) mass is 294 g/mol. The van der Waals surface area contributed by atoms with Gasteiger partial charge in [0.1, 0.15) is 5.56 Å². The molecule has 0 saturated heterocycles. The van der Waals surface area contributed by atoms with E-state index >= 15 is 0 Å². The Kier molecular flexibility index (Phi) is 4.57. The molecule has 108 valence electrons. The van der Waals surface area contributed by atoms with Crippen molar-refractivity contribution in [3.05, 3.63) is 75.3 Å². The van der Waals surface area contributed by atoms with E-state index in [-0.39, 0.29) is 11.3 Å². The first-order valence-corrected chi connectivity index (χ1v) is 6.19. The van der Waals surface area contributed by atoms with Gasteiger partial charge >= 0.3 is 0 Å². The Morgan fingerprint density at radius 3 is 2.55 bits per heavy atom. The number of carbonyl (C=O) groups is 1. The van der Waals surface area contributed by atoms with Crippen LogP contribution in [0, 0.1) is 21.4 Å². The van der Waals surface area contributed by atoms with Crippen LogP contribution in [0.4, 0.5) is 5.69 Å². The average Bonchev–Trinajstić information content (AvgIpc) is 2.55. The van der Waals surface area contributed by atoms with E-state index in [2.05, 4.69) is 10.5 Å². The van der Waals surface area contributed by atoms with Gasteiger partial charge in [0.2, 0.25) is 0 Å². The number of benzene rings is 2. The van der Waals surface area contributed by atoms with E-state index in [0.717, 1.165) is 0 Å². The van der Waals surface area contributed by atoms with Gasteiger partial charge in [-0.15, -0.1) is 0 Å². The van der Waals surface area contributed by atoms with E-state index in [4.69, 9.17) is 5.26 Å². The predicted molar refractivity (Wildman–Crippen MR) is 79.3 cm³/mol. The molecule has 0 aliphatic heterocycles. The Bertz CT molecular complexity index is 776. The Balaban J connectivity index is 2.08. The number of carbonyl (C=O) groups excluding carboxylic acids is 1. The van der Waals surface area contributed by atoms with E-state index in [9.17, 15) is 14.9 Å². The summed E-state index contributed by atoms with van der Waals surface area (Å²) in [7, 11) is 0. The van der Waals surface area contributed by atoms with Gasteiger partial charge in [0.15, 0.2) is 0 Å². The van der Waals surface area contributed by atoms with Gasteiger partial charge in [0.05, 0.1) is 22.8 Å². The number of nitriles is 1. The number of hydrogen-bond acceptors (Lipinski definition) is 5. The van der Waals surface area contributed by atoms with E-state index in [1.165, 1.54) is 30.5 Å². The molecule has 2 rings (SSSR count). The number of nitro groups is 1. The van der Waals surface area contributed by atoms with Crippen molar-refractivity contribution in [2.24, 2.45) is 5.10 Å². The predicted octanol–water partition coefficient (Wildman–Crippen LogP) is 2.23. The molecule has 22 heavy (non-hydrogen) atoms. The molecule has 0 aliphatic rings. The summed E-state index contributed by atoms with van der Waals surface area (Å²) in [6.45, 7) is 0. The zero-order valence-electron chi connectivity index (χ0n) is 11.3. The van der Waals surface area contributed by atoms with Crippen LogP contribution < -0.4 is 5.43 Å². The van der Waals surface area contributed by atoms with Gasteiger partial charge in [-0.1, -0.05) is 24.3 Å². The molecule has 0 bridgehead atoms. The van der Waals surface area contributed by atoms with Crippen LogP contribution in [0.25, 0.3) is 0 Å². The molecule has 1 amide bonds. The smallest absolute Gasteiger partial charge is 0.267 e. The Hall–Kier alpha value is -3.53. The number of nitro benzene ring substituents is 1. The van der Waals surface area contributed by atoms with Gasteiger partial charge < -0.3 is 0 Å². The Morgan fingerprint density at radius 1 is 1.23 bits per heavy atom. The lowest BCUT2D eigenvalue weighted by Gasteiger charge is -2.01. The second-order valence-corrected chi connectivity index (χ2v) is 4.21. The Labute approximate surface area is 125 Å². The molecule has 7 nitrogen and oxygen atoms in total. The van der Waals surface area contributed by atoms with Crippen LogP contribution in [0.2, 0.25) is 0 Å². The maximum absolute atomic E-state index is 11.9. The van der Waals surface area contributed by atoms with Crippen LogP contribution in [-0.4, -0.2) is 17.0 Å². The van der Waals surface area contributed by atoms with Crippen molar-refractivity contribution in [3.8, 4) is 6.07 Å². The molecule has 2 aromatic rings. The van der Waals surface area contributed by atoms with E-state index < -0.39 is 10.8 Å². The molecule has 1 N–H and O–H groups in total. The minimum Gasteiger partial charge on any atom is -0.267 e. The van der Waals surface area contributed by atoms with Crippen molar-refractivity contribution in [2.75, 3.05) is 0 Å². The maximum atomic E-state index is 11.9. The van der Waals surface area contributed by atoms with E-state index in [0.29, 0.717) is 11.1 Å². The highest BCUT2D eigenvalue weighted by Gasteiger charge is 2.18. The molecule has 0 aromatic heterocycles. The zero-order chi connectivity index (χ0) is 15.9. The Morgan fingerprint density at radius 2 is 1.91 bits per heavy atom. The van der Waals surface area contributed by atoms with Crippen molar-refractivity contribution in [2.45, 2.75) is 0 Å². The first kappa shape index (κ1) is 14.9. The number of rotatable bonds is 4. The molecule has 0 fully saturated rings. The molecular weight excluding hydrogens is 284 g/mol. The fourth-order valence-corrected chi connectivity index (χ4v) is 1.69. The summed E-state index contributed by atoms with van der Waals surface area (Å²) in [5.74, 6) is -0.669. The number of para-hydroxylation sites is 1. The highest BCUT2D eigenvalue weighted by atomic mass is 16.6. The van der Waals surface area contributed by atoms with Crippen LogP contribution >= 0.6 is 0 Å². The molecule has 0 atom stereocenters. The first-order valence-electron chi connectivity index (χ1n) is 6.19. The SMILES string of the molecule is N#Cc1ccc(C=NNC(=O)c2ccccc2[N+](=O)[O-])cc1. The lowest BCUT2D eigenvalue weighted by molar-refractivity contribution is -0.385. The summed E-state index contributed by atoms with van der Waals surface area (Å²) in [6.07, 6.45) is 1.38. The fourth-order valence-electron chi connectivity index (χ4n) is 1.69. The molecular formula is C15H10N4O3. The van der Waals surface area contributed by atoms with Crippen LogP contribution in [0.5, 0.6) is 0 Å². The lowest BCUT2D eigenvalue weighted by atomic mass is 10.1. The number of hydrogen-bond donors (Lipinski definition) is 1. The molecule has 0 aliphatic carbocycles. The quantitative estimate of drug-likeness (QED) is 0.529. The summed E-state index contributed by atoms with van der Waals surface area (Å²) in [6, 6.07) is 14.2. The summed E-state index contributed by atoms with van der Waals surface area (Å²) in [5.41, 5.74) is 3.08. The van der Waals surface area contributed by atoms with Gasteiger partial charge in [-0.3, -0.25) is 14.9 Å². The first-order chi connectivity index (χ1) is 10.6. The van der Waals surface area contributed by atoms with Crippen LogP contribution in [0.15, 0.2) is 53.6 Å². The third-order valence-corrected chi connectivity index (χ3v) is 2.76. The highest BCUT2D eigenvalue weighted by molar-refractivity contribution is 5.98. The maximum Gasteiger partial charge on any atom is 0.282 e. The molecule has 7 heteroatoms. The minimum atomic E-state index is -0.669. The average molecular weight is 294 g/mol. The van der Waals surface area contributed by atoms with Crippen LogP contribution in [-0.2, 0) is 0 Å². The van der Waals surface area contributed by atoms with Crippen LogP contribution in [0.3, 0.4) is 0 Å². The second kappa shape index (κ2) is 6.76. The molecule has 2 aromatic carbocycles. The fraction of sp³-hybridized carbons (Fsp3) is 0. The largest absolute Gasteiger partial charge is 0.282 e. The molecule has 0 saturated carbocycles. The van der Waals surface area contributed by atoms with Crippen molar-refractivity contribution in [3.63, 3.8) is 0 Å². The molecule has 0 radical (unpaired) electrons. The van der Waals surface area contributed by atoms with Gasteiger partial charge in [0.25, 0.3) is 11.6 Å². The topological polar surface area (TPSA) is 108 Å². The van der Waals surface area contributed by atoms with Crippen LogP contribution in [0.1, 0.15) is 21.5 Å². The zero-order valence-corrected chi connectivity index (χ0v) is 11.3. The van der Waals surface area contributed by atoms with Gasteiger partial charge in [-0.25, -0.2) is 5.43 Å². The normalized spacial score (nSPS) is 10.1. The third kappa shape index (κ3) is 3.52. The van der Waals surface area contributed by atoms with Crippen molar-refractivity contribution in [1.29, 1.82) is 5.26 Å². The third-order valence-electron chi connectivity index (χ3n) is 2.76. The van der Waals surface area contributed by atoms with Gasteiger partial charge in [0, 0.05) is 6.07 Å². The van der Waals surface area contributed by atoms with Crippen molar-refractivity contribution < 1.29 is 9.72 Å². The number of nitrogens with one attached hydrogen (secondary N) is 1. The van der Waals surface area contributed by atoms with Crippen molar-refractivity contribution >= 4 is 17.8 Å². The van der Waals surface area contributed by atoms with E-state index in [1.807, 2.05) is 6.07 Å². The minimum absolute atomic E-state index is 0.0653. The standard InChI is InChI=1S/C15H10N4O3/c16-9-11-5-7-12(8-6-11)10-17-18-15(20)13-3-1-2-4-14(13)19(21)22/h1-8,10H,(H,18,20). The van der Waals surface area contributed by atoms with Gasteiger partial charge in [-0.2, -0.15) is 10.4 Å². The highest BCUT2D eigenvalue weighted by Crippen LogP contribution is 2.17. The summed E-state index contributed by atoms with van der Waals surface area (Å²) in [5, 5.41) is 23.3. The molecule has 0 spiro atoms. The second-order valence-electron chi connectivity index (χ2n) is 4.21. The lowest BCUT2D eigenvalue weighted by Crippen LogP contribution is -2.18. The van der Waals surface area contributed by atoms with E-state index in [1.54, 1.807) is 24.3 Å². The summed E-state index contributed by atoms with van der Waals surface area (Å²) >= 11 is 0. The number of amides is 1. The number of hydrazone groups is 1. The van der Waals surface area contributed by atoms with Crippen molar-refractivity contribution in [1.82, 2.24) is 5.43 Å². The summed E-state index contributed by atoms with van der Waals surface area (Å²) in [4.78, 5) is 22.1. The number of nitrogens with zero attached hydrogens (tertiary/aromatic N) is 3. The molecule has 0 unspecified atom stereocenters.